The Morgan fingerprint density at radius 3 is 1.55 bits per heavy atom. The molecule has 0 nitrogen and oxygen atoms in total. The number of rotatable bonds is 1. The van der Waals surface area contributed by atoms with Gasteiger partial charge in [-0.3, -0.25) is 0 Å². The maximum atomic E-state index is 2.15. The van der Waals surface area contributed by atoms with Crippen molar-refractivity contribution in [3.63, 3.8) is 0 Å². The quantitative estimate of drug-likeness (QED) is 0.706. The first-order valence-electron chi connectivity index (χ1n) is 3.04. The summed E-state index contributed by atoms with van der Waals surface area (Å²) >= 11 is 3.58. The largest absolute Gasteiger partial charge is 0.143 e. The average molecular weight is 285 g/mol. The molecule has 3 heteroatoms. The molecule has 0 atom stereocenters. The fourth-order valence-electron chi connectivity index (χ4n) is 0.838. The molecular weight excluding hydrogens is 279 g/mol. The van der Waals surface area contributed by atoms with Crippen LogP contribution < -0.4 is 0 Å². The molecule has 4 radical (unpaired) electrons. The second-order valence-corrected chi connectivity index (χ2v) is 3.85. The topological polar surface area (TPSA) is 0 Å². The van der Waals surface area contributed by atoms with Crippen molar-refractivity contribution >= 4 is 46.6 Å². The molecule has 54 valence electrons. The minimum Gasteiger partial charge on any atom is -0.143 e. The van der Waals surface area contributed by atoms with E-state index in [-0.39, 0.29) is 23.9 Å². The van der Waals surface area contributed by atoms with Gasteiger partial charge >= 0.3 is 0 Å². The maximum Gasteiger partial charge on any atom is 0.0442 e. The second-order valence-electron chi connectivity index (χ2n) is 1.95. The normalized spacial score (nSPS) is 9.09. The van der Waals surface area contributed by atoms with Gasteiger partial charge in [-0.25, -0.2) is 0 Å². The molecule has 2 heterocycles. The zero-order valence-corrected chi connectivity index (χ0v) is 10.3. The molecule has 0 fully saturated rings. The van der Waals surface area contributed by atoms with Gasteiger partial charge in [-0.05, 0) is 22.9 Å². The molecule has 0 aliphatic carbocycles. The Kier molecular flexibility index (Phi) is 3.61. The van der Waals surface area contributed by atoms with Crippen LogP contribution in [0.2, 0.25) is 0 Å². The number of thiophene rings is 2. The molecule has 0 N–H and O–H groups in total. The molecule has 0 amide bonds. The van der Waals surface area contributed by atoms with Crippen LogP contribution in [0.3, 0.4) is 0 Å². The van der Waals surface area contributed by atoms with Gasteiger partial charge in [0.1, 0.15) is 0 Å². The van der Waals surface area contributed by atoms with Crippen LogP contribution in [0.25, 0.3) is 9.75 Å². The summed E-state index contributed by atoms with van der Waals surface area (Å²) in [5, 5.41) is 4.21. The first kappa shape index (κ1) is 9.29. The van der Waals surface area contributed by atoms with Crippen LogP contribution in [-0.4, -0.2) is 23.9 Å². The van der Waals surface area contributed by atoms with Crippen LogP contribution in [0.15, 0.2) is 35.0 Å². The monoisotopic (exact) mass is 286 g/mol. The third-order valence-corrected chi connectivity index (χ3v) is 3.22. The zero-order valence-electron chi connectivity index (χ0n) is 5.78. The van der Waals surface area contributed by atoms with E-state index in [1.54, 1.807) is 22.7 Å². The van der Waals surface area contributed by atoms with Crippen molar-refractivity contribution in [1.29, 1.82) is 0 Å². The third-order valence-electron chi connectivity index (χ3n) is 1.29. The second kappa shape index (κ2) is 4.28. The summed E-state index contributed by atoms with van der Waals surface area (Å²) in [6, 6.07) is 8.46. The molecule has 0 saturated heterocycles. The first-order chi connectivity index (χ1) is 4.97. The Morgan fingerprint density at radius 2 is 1.27 bits per heavy atom. The van der Waals surface area contributed by atoms with Gasteiger partial charge in [0.25, 0.3) is 0 Å². The Balaban J connectivity index is 0.000000605. The molecule has 2 aromatic heterocycles. The van der Waals surface area contributed by atoms with Gasteiger partial charge in [0.2, 0.25) is 0 Å². The van der Waals surface area contributed by atoms with E-state index in [4.69, 9.17) is 0 Å². The van der Waals surface area contributed by atoms with Crippen LogP contribution in [0.1, 0.15) is 0 Å². The fourth-order valence-corrected chi connectivity index (χ4v) is 2.42. The summed E-state index contributed by atoms with van der Waals surface area (Å²) in [5.41, 5.74) is 0. The first-order valence-corrected chi connectivity index (χ1v) is 4.80. The molecule has 0 aromatic carbocycles. The van der Waals surface area contributed by atoms with Gasteiger partial charge in [0.15, 0.2) is 0 Å². The van der Waals surface area contributed by atoms with E-state index in [1.165, 1.54) is 9.75 Å². The predicted molar refractivity (Wildman–Crippen MR) is 53.4 cm³/mol. The van der Waals surface area contributed by atoms with E-state index in [1.807, 2.05) is 0 Å². The molecule has 0 saturated carbocycles. The Hall–Kier alpha value is 0.199. The smallest absolute Gasteiger partial charge is 0.0442 e. The zero-order chi connectivity index (χ0) is 6.81. The van der Waals surface area contributed by atoms with Crippen molar-refractivity contribution in [1.82, 2.24) is 0 Å². The average Bonchev–Trinajstić information content (AvgIpc) is 2.59. The van der Waals surface area contributed by atoms with Gasteiger partial charge in [0, 0.05) is 33.7 Å². The number of hydrogen-bond donors (Lipinski definition) is 0. The van der Waals surface area contributed by atoms with E-state index in [9.17, 15) is 0 Å². The summed E-state index contributed by atoms with van der Waals surface area (Å²) in [6.07, 6.45) is 0. The van der Waals surface area contributed by atoms with Crippen LogP contribution in [0.4, 0.5) is 0 Å². The Bertz CT molecular complexity index is 252. The van der Waals surface area contributed by atoms with E-state index in [0.717, 1.165) is 0 Å². The van der Waals surface area contributed by atoms with Crippen LogP contribution in [0.5, 0.6) is 0 Å². The summed E-state index contributed by atoms with van der Waals surface area (Å²) in [6.45, 7) is 0. The van der Waals surface area contributed by atoms with Crippen molar-refractivity contribution in [3.8, 4) is 9.75 Å². The SMILES string of the molecule is [Sn].c1csc(-c2cccs2)c1. The van der Waals surface area contributed by atoms with Crippen molar-refractivity contribution in [3.05, 3.63) is 35.0 Å². The van der Waals surface area contributed by atoms with Crippen molar-refractivity contribution in [2.75, 3.05) is 0 Å². The van der Waals surface area contributed by atoms with Gasteiger partial charge in [-0.15, -0.1) is 22.7 Å². The Morgan fingerprint density at radius 1 is 0.818 bits per heavy atom. The minimum atomic E-state index is 0. The van der Waals surface area contributed by atoms with Crippen molar-refractivity contribution in [2.45, 2.75) is 0 Å². The molecule has 2 aromatic rings. The molecule has 0 unspecified atom stereocenters. The molecule has 0 spiro atoms. The molecule has 0 aliphatic rings. The Labute approximate surface area is 90.8 Å². The van der Waals surface area contributed by atoms with Gasteiger partial charge < -0.3 is 0 Å². The summed E-state index contributed by atoms with van der Waals surface area (Å²) in [7, 11) is 0. The maximum absolute atomic E-state index is 2.15. The van der Waals surface area contributed by atoms with Crippen LogP contribution in [-0.2, 0) is 0 Å². The summed E-state index contributed by atoms with van der Waals surface area (Å²) < 4.78 is 0. The molecule has 11 heavy (non-hydrogen) atoms. The van der Waals surface area contributed by atoms with Gasteiger partial charge in [-0.2, -0.15) is 0 Å². The number of hydrogen-bond acceptors (Lipinski definition) is 2. The molecular formula is C8H6S2Sn. The van der Waals surface area contributed by atoms with Crippen LogP contribution >= 0.6 is 22.7 Å². The van der Waals surface area contributed by atoms with Crippen LogP contribution in [0, 0.1) is 0 Å². The minimum absolute atomic E-state index is 0. The van der Waals surface area contributed by atoms with E-state index in [2.05, 4.69) is 35.0 Å². The van der Waals surface area contributed by atoms with E-state index >= 15 is 0 Å². The van der Waals surface area contributed by atoms with Crippen molar-refractivity contribution in [2.24, 2.45) is 0 Å². The summed E-state index contributed by atoms with van der Waals surface area (Å²) in [4.78, 5) is 2.74. The van der Waals surface area contributed by atoms with Crippen molar-refractivity contribution < 1.29 is 0 Å². The molecule has 0 aliphatic heterocycles. The summed E-state index contributed by atoms with van der Waals surface area (Å²) in [5.74, 6) is 0. The fraction of sp³-hybridized carbons (Fsp3) is 0. The predicted octanol–water partition coefficient (Wildman–Crippen LogP) is 3.10. The standard InChI is InChI=1S/C8H6S2.Sn/c1-3-7(9-5-1)8-4-2-6-10-8;/h1-6H;. The molecule has 0 bridgehead atoms. The molecule has 2 rings (SSSR count). The van der Waals surface area contributed by atoms with Gasteiger partial charge in [0.05, 0.1) is 0 Å². The van der Waals surface area contributed by atoms with E-state index < -0.39 is 0 Å². The van der Waals surface area contributed by atoms with Gasteiger partial charge in [-0.1, -0.05) is 12.1 Å². The van der Waals surface area contributed by atoms with E-state index in [0.29, 0.717) is 0 Å². The third kappa shape index (κ3) is 2.07.